The first kappa shape index (κ1) is 8.19. The van der Waals surface area contributed by atoms with E-state index in [1.165, 1.54) is 0 Å². The van der Waals surface area contributed by atoms with Crippen molar-refractivity contribution >= 4 is 15.7 Å². The van der Waals surface area contributed by atoms with E-state index in [-0.39, 0.29) is 5.54 Å². The third-order valence-electron chi connectivity index (χ3n) is 1.92. The largest absolute Gasteiger partial charge is 0.300 e. The van der Waals surface area contributed by atoms with E-state index in [2.05, 4.69) is 25.7 Å². The van der Waals surface area contributed by atoms with E-state index >= 15 is 0 Å². The van der Waals surface area contributed by atoms with Crippen LogP contribution in [0.5, 0.6) is 0 Å². The van der Waals surface area contributed by atoms with Crippen molar-refractivity contribution in [3.63, 3.8) is 0 Å². The lowest BCUT2D eigenvalue weighted by Gasteiger charge is -2.53. The van der Waals surface area contributed by atoms with Crippen LogP contribution in [0.3, 0.4) is 0 Å². The highest BCUT2D eigenvalue weighted by molar-refractivity contribution is 6.41. The molecule has 0 unspecified atom stereocenters. The highest BCUT2D eigenvalue weighted by Gasteiger charge is 2.38. The van der Waals surface area contributed by atoms with Crippen LogP contribution in [0.4, 0.5) is 0 Å². The maximum Gasteiger partial charge on any atom is 0.0654 e. The van der Waals surface area contributed by atoms with Gasteiger partial charge in [0.2, 0.25) is 0 Å². The summed E-state index contributed by atoms with van der Waals surface area (Å²) >= 11 is 0. The van der Waals surface area contributed by atoms with Crippen LogP contribution in [-0.4, -0.2) is 39.2 Å². The monoisotopic (exact) mass is 133 g/mol. The zero-order chi connectivity index (χ0) is 7.99. The number of rotatable bonds is 0. The SMILES string of the molecule is [B]C1([B])CN(C(C)(C)C)C1. The Morgan fingerprint density at radius 1 is 1.20 bits per heavy atom. The lowest BCUT2D eigenvalue weighted by Crippen LogP contribution is -2.59. The third-order valence-corrected chi connectivity index (χ3v) is 1.92. The average Bonchev–Trinajstić information content (AvgIpc) is 1.56. The molecule has 3 heteroatoms. The molecule has 1 aliphatic rings. The van der Waals surface area contributed by atoms with Crippen molar-refractivity contribution in [2.45, 2.75) is 31.5 Å². The molecule has 0 aromatic carbocycles. The highest BCUT2D eigenvalue weighted by Crippen LogP contribution is 2.34. The molecular weight excluding hydrogens is 120 g/mol. The topological polar surface area (TPSA) is 3.24 Å². The van der Waals surface area contributed by atoms with E-state index in [9.17, 15) is 0 Å². The molecule has 52 valence electrons. The van der Waals surface area contributed by atoms with Crippen molar-refractivity contribution in [1.82, 2.24) is 4.90 Å². The molecule has 0 bridgehead atoms. The first-order valence-corrected chi connectivity index (χ1v) is 3.64. The second kappa shape index (κ2) is 2.04. The molecule has 1 heterocycles. The molecular formula is C7H13B2N. The number of hydrogen-bond acceptors (Lipinski definition) is 1. The van der Waals surface area contributed by atoms with Crippen LogP contribution in [0.25, 0.3) is 0 Å². The van der Waals surface area contributed by atoms with Crippen molar-refractivity contribution in [3.8, 4) is 0 Å². The Hall–Kier alpha value is 0.0899. The van der Waals surface area contributed by atoms with Gasteiger partial charge < -0.3 is 4.90 Å². The summed E-state index contributed by atoms with van der Waals surface area (Å²) in [7, 11) is 11.3. The molecule has 0 aromatic rings. The minimum absolute atomic E-state index is 0.224. The molecule has 0 saturated carbocycles. The van der Waals surface area contributed by atoms with Gasteiger partial charge in [0.25, 0.3) is 0 Å². The summed E-state index contributed by atoms with van der Waals surface area (Å²) in [5, 5.41) is -0.423. The first-order valence-electron chi connectivity index (χ1n) is 3.64. The highest BCUT2D eigenvalue weighted by atomic mass is 15.2. The zero-order valence-corrected chi connectivity index (χ0v) is 7.02. The molecule has 0 spiro atoms. The molecule has 1 saturated heterocycles. The zero-order valence-electron chi connectivity index (χ0n) is 7.02. The van der Waals surface area contributed by atoms with Gasteiger partial charge in [0.1, 0.15) is 0 Å². The van der Waals surface area contributed by atoms with Gasteiger partial charge in [-0.05, 0) is 33.9 Å². The Labute approximate surface area is 66.0 Å². The van der Waals surface area contributed by atoms with Crippen LogP contribution < -0.4 is 0 Å². The van der Waals surface area contributed by atoms with Crippen molar-refractivity contribution in [2.75, 3.05) is 13.1 Å². The summed E-state index contributed by atoms with van der Waals surface area (Å²) < 4.78 is 0. The van der Waals surface area contributed by atoms with E-state index in [0.717, 1.165) is 13.1 Å². The summed E-state index contributed by atoms with van der Waals surface area (Å²) in [6.07, 6.45) is 0. The van der Waals surface area contributed by atoms with Crippen molar-refractivity contribution in [2.24, 2.45) is 0 Å². The van der Waals surface area contributed by atoms with Gasteiger partial charge in [-0.15, -0.1) is 0 Å². The first-order chi connectivity index (χ1) is 4.31. The summed E-state index contributed by atoms with van der Waals surface area (Å²) in [4.78, 5) is 2.27. The number of likely N-dealkylation sites (tertiary alicyclic amines) is 1. The van der Waals surface area contributed by atoms with E-state index < -0.39 is 5.21 Å². The molecule has 0 atom stereocenters. The normalized spacial score (nSPS) is 25.9. The standard InChI is InChI=1S/C7H13B2N/c1-6(2,3)10-4-7(8,9)5-10/h4-5H2,1-3H3. The Bertz CT molecular complexity index is 129. The molecule has 10 heavy (non-hydrogen) atoms. The van der Waals surface area contributed by atoms with Gasteiger partial charge in [0.05, 0.1) is 15.7 Å². The van der Waals surface area contributed by atoms with Crippen molar-refractivity contribution < 1.29 is 0 Å². The summed E-state index contributed by atoms with van der Waals surface area (Å²) in [6, 6.07) is 0. The fraction of sp³-hybridized carbons (Fsp3) is 1.00. The number of hydrogen-bond donors (Lipinski definition) is 0. The van der Waals surface area contributed by atoms with Gasteiger partial charge in [0.15, 0.2) is 0 Å². The Kier molecular flexibility index (Phi) is 1.67. The summed E-state index contributed by atoms with van der Waals surface area (Å²) in [5.74, 6) is 0. The Morgan fingerprint density at radius 2 is 1.60 bits per heavy atom. The van der Waals surface area contributed by atoms with Gasteiger partial charge in [-0.2, -0.15) is 0 Å². The smallest absolute Gasteiger partial charge is 0.0654 e. The molecule has 1 nitrogen and oxygen atoms in total. The van der Waals surface area contributed by atoms with Crippen molar-refractivity contribution in [3.05, 3.63) is 0 Å². The van der Waals surface area contributed by atoms with Gasteiger partial charge >= 0.3 is 0 Å². The Morgan fingerprint density at radius 3 is 1.70 bits per heavy atom. The molecule has 1 aliphatic heterocycles. The van der Waals surface area contributed by atoms with E-state index in [1.54, 1.807) is 0 Å². The molecule has 0 aromatic heterocycles. The molecule has 0 aliphatic carbocycles. The summed E-state index contributed by atoms with van der Waals surface area (Å²) in [6.45, 7) is 8.14. The van der Waals surface area contributed by atoms with Crippen LogP contribution in [0.2, 0.25) is 5.21 Å². The molecule has 1 fully saturated rings. The fourth-order valence-corrected chi connectivity index (χ4v) is 1.14. The van der Waals surface area contributed by atoms with Gasteiger partial charge in [0, 0.05) is 5.54 Å². The minimum Gasteiger partial charge on any atom is -0.300 e. The second-order valence-electron chi connectivity index (χ2n) is 4.26. The lowest BCUT2D eigenvalue weighted by molar-refractivity contribution is 0.0555. The van der Waals surface area contributed by atoms with Crippen molar-refractivity contribution in [1.29, 1.82) is 0 Å². The van der Waals surface area contributed by atoms with Crippen LogP contribution in [0.1, 0.15) is 20.8 Å². The molecule has 1 rings (SSSR count). The quantitative estimate of drug-likeness (QED) is 0.436. The molecule has 0 N–H and O–H groups in total. The number of nitrogens with zero attached hydrogens (tertiary/aromatic N) is 1. The maximum atomic E-state index is 5.64. The van der Waals surface area contributed by atoms with E-state index in [1.807, 2.05) is 0 Å². The van der Waals surface area contributed by atoms with Gasteiger partial charge in [-0.1, -0.05) is 5.21 Å². The van der Waals surface area contributed by atoms with Gasteiger partial charge in [-0.25, -0.2) is 0 Å². The van der Waals surface area contributed by atoms with Crippen LogP contribution in [0, 0.1) is 0 Å². The fourth-order valence-electron chi connectivity index (χ4n) is 1.14. The minimum atomic E-state index is -0.423. The summed E-state index contributed by atoms with van der Waals surface area (Å²) in [5.41, 5.74) is 0.224. The van der Waals surface area contributed by atoms with E-state index in [0.29, 0.717) is 0 Å². The van der Waals surface area contributed by atoms with Crippen LogP contribution in [-0.2, 0) is 0 Å². The van der Waals surface area contributed by atoms with Crippen LogP contribution >= 0.6 is 0 Å². The predicted molar refractivity (Wildman–Crippen MR) is 45.5 cm³/mol. The lowest BCUT2D eigenvalue weighted by atomic mass is 9.49. The maximum absolute atomic E-state index is 5.64. The van der Waals surface area contributed by atoms with Crippen LogP contribution in [0.15, 0.2) is 0 Å². The predicted octanol–water partition coefficient (Wildman–Crippen LogP) is 0.554. The average molecular weight is 133 g/mol. The second-order valence-corrected chi connectivity index (χ2v) is 4.26. The third kappa shape index (κ3) is 1.57. The molecule has 4 radical (unpaired) electrons. The van der Waals surface area contributed by atoms with Gasteiger partial charge in [-0.3, -0.25) is 0 Å². The Balaban J connectivity index is 2.40. The van der Waals surface area contributed by atoms with E-state index in [4.69, 9.17) is 15.7 Å². The molecule has 0 amide bonds.